The molecule has 0 atom stereocenters. The molecule has 0 spiro atoms. The smallest absolute Gasteiger partial charge is 0.230 e. The molecule has 0 radical (unpaired) electrons. The molecule has 1 fully saturated rings. The molecule has 0 amide bonds. The van der Waals surface area contributed by atoms with Crippen molar-refractivity contribution in [1.82, 2.24) is 15.0 Å². The molecule has 0 aromatic carbocycles. The van der Waals surface area contributed by atoms with Gasteiger partial charge in [0.15, 0.2) is 0 Å². The van der Waals surface area contributed by atoms with E-state index >= 15 is 0 Å². The van der Waals surface area contributed by atoms with E-state index in [4.69, 9.17) is 5.73 Å². The summed E-state index contributed by atoms with van der Waals surface area (Å²) in [6, 6.07) is 0.612. The van der Waals surface area contributed by atoms with Crippen molar-refractivity contribution in [2.24, 2.45) is 0 Å². The summed E-state index contributed by atoms with van der Waals surface area (Å²) in [4.78, 5) is 14.6. The Balaban J connectivity index is 2.28. The molecule has 1 aliphatic rings. The van der Waals surface area contributed by atoms with Crippen LogP contribution in [0.2, 0.25) is 0 Å². The lowest BCUT2D eigenvalue weighted by atomic mass is 10.5. The molecule has 1 aromatic heterocycles. The van der Waals surface area contributed by atoms with Gasteiger partial charge in [-0.15, -0.1) is 0 Å². The molecule has 5 heteroatoms. The summed E-state index contributed by atoms with van der Waals surface area (Å²) >= 11 is 0. The van der Waals surface area contributed by atoms with E-state index in [-0.39, 0.29) is 0 Å². The first kappa shape index (κ1) is 9.18. The van der Waals surface area contributed by atoms with Gasteiger partial charge in [-0.05, 0) is 26.7 Å². The fourth-order valence-electron chi connectivity index (χ4n) is 1.57. The van der Waals surface area contributed by atoms with Crippen molar-refractivity contribution in [3.05, 3.63) is 5.82 Å². The fraction of sp³-hybridized carbons (Fsp3) is 0.667. The Morgan fingerprint density at radius 2 is 2.07 bits per heavy atom. The summed E-state index contributed by atoms with van der Waals surface area (Å²) in [5, 5.41) is 0. The zero-order chi connectivity index (χ0) is 10.1. The second kappa shape index (κ2) is 3.40. The number of hydrogen-bond acceptors (Lipinski definition) is 5. The van der Waals surface area contributed by atoms with Gasteiger partial charge >= 0.3 is 0 Å². The van der Waals surface area contributed by atoms with Crippen LogP contribution in [0, 0.1) is 6.92 Å². The Kier molecular flexibility index (Phi) is 2.23. The molecule has 2 N–H and O–H groups in total. The highest BCUT2D eigenvalue weighted by Gasteiger charge is 2.29. The van der Waals surface area contributed by atoms with Crippen LogP contribution in [0.5, 0.6) is 0 Å². The molecule has 5 nitrogen and oxygen atoms in total. The molecule has 1 heterocycles. The molecule has 2 rings (SSSR count). The Morgan fingerprint density at radius 1 is 1.36 bits per heavy atom. The molecular weight excluding hydrogens is 178 g/mol. The number of anilines is 2. The summed E-state index contributed by atoms with van der Waals surface area (Å²) in [5.74, 6) is 1.72. The third-order valence-electron chi connectivity index (χ3n) is 2.34. The van der Waals surface area contributed by atoms with Crippen molar-refractivity contribution < 1.29 is 0 Å². The Labute approximate surface area is 83.4 Å². The number of nitrogen functional groups attached to an aromatic ring is 1. The van der Waals surface area contributed by atoms with Crippen LogP contribution in [-0.2, 0) is 0 Å². The molecule has 14 heavy (non-hydrogen) atoms. The van der Waals surface area contributed by atoms with Crippen molar-refractivity contribution in [1.29, 1.82) is 0 Å². The third-order valence-corrected chi connectivity index (χ3v) is 2.34. The number of nitrogens with two attached hydrogens (primary N) is 1. The molecule has 0 aliphatic heterocycles. The molecule has 1 saturated carbocycles. The largest absolute Gasteiger partial charge is 0.368 e. The first-order valence-electron chi connectivity index (χ1n) is 4.95. The van der Waals surface area contributed by atoms with Gasteiger partial charge in [-0.3, -0.25) is 0 Å². The first-order chi connectivity index (χ1) is 6.70. The lowest BCUT2D eigenvalue weighted by molar-refractivity contribution is 0.774. The number of aryl methyl sites for hydroxylation is 1. The molecular formula is C9H15N5. The normalized spacial score (nSPS) is 15.6. The van der Waals surface area contributed by atoms with Gasteiger partial charge in [0.05, 0.1) is 0 Å². The van der Waals surface area contributed by atoms with Gasteiger partial charge in [0.2, 0.25) is 11.9 Å². The maximum Gasteiger partial charge on any atom is 0.230 e. The minimum Gasteiger partial charge on any atom is -0.368 e. The van der Waals surface area contributed by atoms with Gasteiger partial charge in [-0.1, -0.05) is 0 Å². The van der Waals surface area contributed by atoms with E-state index in [1.807, 2.05) is 6.92 Å². The number of hydrogen-bond donors (Lipinski definition) is 1. The SMILES string of the molecule is CCN(c1nc(C)nc(N)n1)C1CC1. The molecule has 0 bridgehead atoms. The third kappa shape index (κ3) is 1.76. The van der Waals surface area contributed by atoms with Crippen molar-refractivity contribution in [2.45, 2.75) is 32.7 Å². The standard InChI is InChI=1S/C9H15N5/c1-3-14(7-4-5-7)9-12-6(2)11-8(10)13-9/h7H,3-5H2,1-2H3,(H2,10,11,12,13). The van der Waals surface area contributed by atoms with Gasteiger partial charge < -0.3 is 10.6 Å². The van der Waals surface area contributed by atoms with E-state index in [0.717, 1.165) is 12.5 Å². The van der Waals surface area contributed by atoms with Crippen LogP contribution in [0.3, 0.4) is 0 Å². The van der Waals surface area contributed by atoms with Gasteiger partial charge in [0.25, 0.3) is 0 Å². The molecule has 0 unspecified atom stereocenters. The molecule has 0 saturated heterocycles. The lowest BCUT2D eigenvalue weighted by Gasteiger charge is -2.20. The van der Waals surface area contributed by atoms with Gasteiger partial charge in [0, 0.05) is 12.6 Å². The van der Waals surface area contributed by atoms with E-state index in [9.17, 15) is 0 Å². The summed E-state index contributed by atoms with van der Waals surface area (Å²) in [6.45, 7) is 4.86. The molecule has 1 aliphatic carbocycles. The predicted molar refractivity (Wildman–Crippen MR) is 55.0 cm³/mol. The quantitative estimate of drug-likeness (QED) is 0.767. The van der Waals surface area contributed by atoms with Gasteiger partial charge in [-0.25, -0.2) is 0 Å². The second-order valence-electron chi connectivity index (χ2n) is 3.56. The van der Waals surface area contributed by atoms with Crippen molar-refractivity contribution in [3.63, 3.8) is 0 Å². The second-order valence-corrected chi connectivity index (χ2v) is 3.56. The lowest BCUT2D eigenvalue weighted by Crippen LogP contribution is -2.27. The van der Waals surface area contributed by atoms with Crippen molar-refractivity contribution >= 4 is 11.9 Å². The maximum absolute atomic E-state index is 5.58. The van der Waals surface area contributed by atoms with Crippen LogP contribution < -0.4 is 10.6 Å². The van der Waals surface area contributed by atoms with Crippen molar-refractivity contribution in [3.8, 4) is 0 Å². The minimum absolute atomic E-state index is 0.312. The fourth-order valence-corrected chi connectivity index (χ4v) is 1.57. The average Bonchev–Trinajstić information content (AvgIpc) is 2.87. The number of aromatic nitrogens is 3. The highest BCUT2D eigenvalue weighted by Crippen LogP contribution is 2.29. The van der Waals surface area contributed by atoms with Gasteiger partial charge in [-0.2, -0.15) is 15.0 Å². The van der Waals surface area contributed by atoms with Crippen LogP contribution in [-0.4, -0.2) is 27.5 Å². The number of nitrogens with zero attached hydrogens (tertiary/aromatic N) is 4. The predicted octanol–water partition coefficient (Wildman–Crippen LogP) is 0.751. The van der Waals surface area contributed by atoms with E-state index in [0.29, 0.717) is 17.8 Å². The summed E-state index contributed by atoms with van der Waals surface area (Å²) in [7, 11) is 0. The van der Waals surface area contributed by atoms with Crippen LogP contribution in [0.1, 0.15) is 25.6 Å². The highest BCUT2D eigenvalue weighted by molar-refractivity contribution is 5.37. The minimum atomic E-state index is 0.312. The summed E-state index contributed by atoms with van der Waals surface area (Å²) < 4.78 is 0. The van der Waals surface area contributed by atoms with Crippen LogP contribution in [0.15, 0.2) is 0 Å². The van der Waals surface area contributed by atoms with Crippen LogP contribution in [0.4, 0.5) is 11.9 Å². The Bertz CT molecular complexity index is 314. The molecule has 1 aromatic rings. The van der Waals surface area contributed by atoms with E-state index in [2.05, 4.69) is 26.8 Å². The summed E-state index contributed by atoms with van der Waals surface area (Å²) in [5.41, 5.74) is 5.58. The van der Waals surface area contributed by atoms with Gasteiger partial charge in [0.1, 0.15) is 5.82 Å². The van der Waals surface area contributed by atoms with E-state index in [1.165, 1.54) is 12.8 Å². The summed E-state index contributed by atoms with van der Waals surface area (Å²) in [6.07, 6.45) is 2.47. The topological polar surface area (TPSA) is 67.9 Å². The van der Waals surface area contributed by atoms with E-state index < -0.39 is 0 Å². The van der Waals surface area contributed by atoms with Crippen LogP contribution in [0.25, 0.3) is 0 Å². The zero-order valence-electron chi connectivity index (χ0n) is 8.56. The van der Waals surface area contributed by atoms with Crippen LogP contribution >= 0.6 is 0 Å². The Hall–Kier alpha value is -1.39. The average molecular weight is 193 g/mol. The highest BCUT2D eigenvalue weighted by atomic mass is 15.3. The van der Waals surface area contributed by atoms with Crippen molar-refractivity contribution in [2.75, 3.05) is 17.2 Å². The molecule has 76 valence electrons. The zero-order valence-corrected chi connectivity index (χ0v) is 8.56. The maximum atomic E-state index is 5.58. The number of rotatable bonds is 3. The first-order valence-corrected chi connectivity index (χ1v) is 4.95. The Morgan fingerprint density at radius 3 is 2.57 bits per heavy atom. The van der Waals surface area contributed by atoms with E-state index in [1.54, 1.807) is 0 Å². The monoisotopic (exact) mass is 193 g/mol.